The zero-order valence-electron chi connectivity index (χ0n) is 14.4. The van der Waals surface area contributed by atoms with Crippen LogP contribution in [0.5, 0.6) is 0 Å². The molecule has 0 aliphatic carbocycles. The van der Waals surface area contributed by atoms with Crippen molar-refractivity contribution in [3.63, 3.8) is 0 Å². The highest BCUT2D eigenvalue weighted by atomic mass is 35.5. The Balaban J connectivity index is 1.70. The van der Waals surface area contributed by atoms with Crippen molar-refractivity contribution in [3.8, 4) is 17.5 Å². The minimum Gasteiger partial charge on any atom is -0.463 e. The number of aromatic nitrogens is 2. The molecule has 0 radical (unpaired) electrons. The van der Waals surface area contributed by atoms with E-state index in [2.05, 4.69) is 20.0 Å². The number of halogens is 1. The van der Waals surface area contributed by atoms with Crippen LogP contribution in [0.15, 0.2) is 52.0 Å². The lowest BCUT2D eigenvalue weighted by Crippen LogP contribution is -2.29. The number of benzene rings is 1. The van der Waals surface area contributed by atoms with E-state index in [9.17, 15) is 13.7 Å². The van der Waals surface area contributed by atoms with E-state index in [-0.39, 0.29) is 41.0 Å². The molecule has 144 valence electrons. The molecule has 0 saturated carbocycles. The summed E-state index contributed by atoms with van der Waals surface area (Å²) in [6.07, 6.45) is 1.45. The van der Waals surface area contributed by atoms with Gasteiger partial charge in [0.2, 0.25) is 16.0 Å². The Bertz CT molecular complexity index is 1110. The molecule has 0 unspecified atom stereocenters. The number of nitrogen functional groups attached to an aromatic ring is 1. The first-order chi connectivity index (χ1) is 13.4. The second kappa shape index (κ2) is 8.26. The van der Waals surface area contributed by atoms with Crippen molar-refractivity contribution in [1.29, 1.82) is 5.26 Å². The first-order valence-corrected chi connectivity index (χ1v) is 9.87. The third-order valence-corrected chi connectivity index (χ3v) is 5.36. The first-order valence-electron chi connectivity index (χ1n) is 8.01. The maximum Gasteiger partial charge on any atom is 0.240 e. The van der Waals surface area contributed by atoms with Gasteiger partial charge < -0.3 is 15.5 Å². The summed E-state index contributed by atoms with van der Waals surface area (Å²) >= 11 is 5.77. The number of nitrogens with zero attached hydrogens (tertiary/aromatic N) is 3. The number of nitrogens with one attached hydrogen (secondary N) is 2. The number of sulfonamides is 1. The lowest BCUT2D eigenvalue weighted by atomic mass is 10.2. The van der Waals surface area contributed by atoms with Gasteiger partial charge in [0.05, 0.1) is 11.2 Å². The number of anilines is 2. The van der Waals surface area contributed by atoms with E-state index in [4.69, 9.17) is 21.8 Å². The molecule has 0 aliphatic heterocycles. The van der Waals surface area contributed by atoms with Crippen LogP contribution in [0.2, 0.25) is 5.02 Å². The molecule has 0 amide bonds. The van der Waals surface area contributed by atoms with Gasteiger partial charge in [0.25, 0.3) is 0 Å². The van der Waals surface area contributed by atoms with Gasteiger partial charge in [-0.05, 0) is 36.4 Å². The van der Waals surface area contributed by atoms with Crippen LogP contribution in [-0.2, 0) is 10.0 Å². The maximum atomic E-state index is 12.2. The second-order valence-corrected chi connectivity index (χ2v) is 7.72. The molecule has 0 atom stereocenters. The lowest BCUT2D eigenvalue weighted by molar-refractivity contribution is 0.579. The molecule has 2 heterocycles. The SMILES string of the molecule is N#Cc1c(NCCNS(=O)(=O)c2ccc(Cl)cc2)nc(N)nc1-c1ccco1. The highest BCUT2D eigenvalue weighted by Gasteiger charge is 2.17. The fourth-order valence-corrected chi connectivity index (χ4v) is 3.52. The molecule has 2 aromatic heterocycles. The summed E-state index contributed by atoms with van der Waals surface area (Å²) in [4.78, 5) is 8.16. The van der Waals surface area contributed by atoms with E-state index < -0.39 is 10.0 Å². The van der Waals surface area contributed by atoms with E-state index in [1.54, 1.807) is 12.1 Å². The molecule has 4 N–H and O–H groups in total. The van der Waals surface area contributed by atoms with Crippen LogP contribution in [0.4, 0.5) is 11.8 Å². The molecule has 11 heteroatoms. The van der Waals surface area contributed by atoms with Gasteiger partial charge in [-0.2, -0.15) is 10.2 Å². The highest BCUT2D eigenvalue weighted by Crippen LogP contribution is 2.26. The molecule has 28 heavy (non-hydrogen) atoms. The molecule has 0 saturated heterocycles. The van der Waals surface area contributed by atoms with Gasteiger partial charge in [0.1, 0.15) is 23.1 Å². The molecular weight excluding hydrogens is 404 g/mol. The average Bonchev–Trinajstić information content (AvgIpc) is 3.20. The Kier molecular flexibility index (Phi) is 5.79. The summed E-state index contributed by atoms with van der Waals surface area (Å²) in [7, 11) is -3.69. The van der Waals surface area contributed by atoms with Gasteiger partial charge in [0, 0.05) is 18.1 Å². The Morgan fingerprint density at radius 2 is 1.93 bits per heavy atom. The maximum absolute atomic E-state index is 12.2. The van der Waals surface area contributed by atoms with Gasteiger partial charge in [-0.1, -0.05) is 11.6 Å². The number of hydrogen-bond acceptors (Lipinski definition) is 8. The van der Waals surface area contributed by atoms with Crippen LogP contribution in [0.3, 0.4) is 0 Å². The van der Waals surface area contributed by atoms with Crippen LogP contribution < -0.4 is 15.8 Å². The smallest absolute Gasteiger partial charge is 0.240 e. The van der Waals surface area contributed by atoms with E-state index in [0.29, 0.717) is 10.8 Å². The predicted molar refractivity (Wildman–Crippen MR) is 104 cm³/mol. The van der Waals surface area contributed by atoms with Crippen LogP contribution in [-0.4, -0.2) is 31.5 Å². The number of nitriles is 1. The molecule has 0 spiro atoms. The van der Waals surface area contributed by atoms with Gasteiger partial charge in [-0.15, -0.1) is 0 Å². The van der Waals surface area contributed by atoms with Gasteiger partial charge in [-0.3, -0.25) is 0 Å². The molecule has 0 fully saturated rings. The van der Waals surface area contributed by atoms with Crippen molar-refractivity contribution in [2.75, 3.05) is 24.1 Å². The molecule has 3 rings (SSSR count). The molecular formula is C17H15ClN6O3S. The van der Waals surface area contributed by atoms with Crippen molar-refractivity contribution in [2.24, 2.45) is 0 Å². The van der Waals surface area contributed by atoms with Crippen molar-refractivity contribution < 1.29 is 12.8 Å². The summed E-state index contributed by atoms with van der Waals surface area (Å²) in [6, 6.07) is 11.1. The minimum atomic E-state index is -3.69. The number of nitrogens with two attached hydrogens (primary N) is 1. The van der Waals surface area contributed by atoms with E-state index in [1.807, 2.05) is 6.07 Å². The van der Waals surface area contributed by atoms with Crippen LogP contribution in [0.25, 0.3) is 11.5 Å². The number of rotatable bonds is 7. The summed E-state index contributed by atoms with van der Waals surface area (Å²) in [5.74, 6) is 0.513. The Morgan fingerprint density at radius 1 is 1.18 bits per heavy atom. The number of furan rings is 1. The highest BCUT2D eigenvalue weighted by molar-refractivity contribution is 7.89. The third-order valence-electron chi connectivity index (χ3n) is 3.63. The first kappa shape index (κ1) is 19.6. The summed E-state index contributed by atoms with van der Waals surface area (Å²) in [5.41, 5.74) is 6.11. The van der Waals surface area contributed by atoms with E-state index in [0.717, 1.165) is 0 Å². The molecule has 3 aromatic rings. The normalized spacial score (nSPS) is 11.1. The van der Waals surface area contributed by atoms with Crippen molar-refractivity contribution in [2.45, 2.75) is 4.90 Å². The Labute approximate surface area is 166 Å². The molecule has 1 aromatic carbocycles. The predicted octanol–water partition coefficient (Wildman–Crippen LogP) is 2.23. The zero-order chi connectivity index (χ0) is 20.1. The van der Waals surface area contributed by atoms with Crippen LogP contribution in [0.1, 0.15) is 5.56 Å². The molecule has 9 nitrogen and oxygen atoms in total. The van der Waals surface area contributed by atoms with Crippen molar-refractivity contribution >= 4 is 33.4 Å². The third kappa shape index (κ3) is 4.40. The van der Waals surface area contributed by atoms with Gasteiger partial charge >= 0.3 is 0 Å². The second-order valence-electron chi connectivity index (χ2n) is 5.52. The Morgan fingerprint density at radius 3 is 2.57 bits per heavy atom. The van der Waals surface area contributed by atoms with Crippen LogP contribution >= 0.6 is 11.6 Å². The van der Waals surface area contributed by atoms with Crippen LogP contribution in [0, 0.1) is 11.3 Å². The largest absolute Gasteiger partial charge is 0.463 e. The topological polar surface area (TPSA) is 147 Å². The quantitative estimate of drug-likeness (QED) is 0.495. The minimum absolute atomic E-state index is 0.0466. The van der Waals surface area contributed by atoms with Gasteiger partial charge in [0.15, 0.2) is 5.76 Å². The fourth-order valence-electron chi connectivity index (χ4n) is 2.37. The van der Waals surface area contributed by atoms with Crippen molar-refractivity contribution in [1.82, 2.24) is 14.7 Å². The number of hydrogen-bond donors (Lipinski definition) is 3. The zero-order valence-corrected chi connectivity index (χ0v) is 16.0. The van der Waals surface area contributed by atoms with Crippen molar-refractivity contribution in [3.05, 3.63) is 53.2 Å². The standard InChI is InChI=1S/C17H15ClN6O3S/c18-11-3-5-12(6-4-11)28(25,26)22-8-7-21-16-13(10-19)15(23-17(20)24-16)14-2-1-9-27-14/h1-6,9,22H,7-8H2,(H3,20,21,23,24). The molecule has 0 bridgehead atoms. The molecule has 0 aliphatic rings. The average molecular weight is 419 g/mol. The van der Waals surface area contributed by atoms with E-state index >= 15 is 0 Å². The summed E-state index contributed by atoms with van der Waals surface area (Å²) in [5, 5.41) is 12.8. The lowest BCUT2D eigenvalue weighted by Gasteiger charge is -2.11. The fraction of sp³-hybridized carbons (Fsp3) is 0.118. The Hall–Kier alpha value is -3.13. The van der Waals surface area contributed by atoms with E-state index in [1.165, 1.54) is 30.5 Å². The summed E-state index contributed by atoms with van der Waals surface area (Å²) < 4.78 is 32.2. The summed E-state index contributed by atoms with van der Waals surface area (Å²) in [6.45, 7) is 0.214. The van der Waals surface area contributed by atoms with Gasteiger partial charge in [-0.25, -0.2) is 18.1 Å². The monoisotopic (exact) mass is 418 g/mol.